The number of ether oxygens (including phenoxy) is 1. The van der Waals surface area contributed by atoms with Crippen LogP contribution in [0.1, 0.15) is 21.5 Å². The van der Waals surface area contributed by atoms with Gasteiger partial charge in [0.15, 0.2) is 5.78 Å². The maximum Gasteiger partial charge on any atom is 0.337 e. The molecule has 1 aromatic carbocycles. The second-order valence-electron chi connectivity index (χ2n) is 3.51. The van der Waals surface area contributed by atoms with E-state index in [1.807, 2.05) is 0 Å². The van der Waals surface area contributed by atoms with Crippen molar-refractivity contribution in [3.05, 3.63) is 34.9 Å². The van der Waals surface area contributed by atoms with E-state index in [4.69, 9.17) is 23.2 Å². The Hall–Kier alpha value is -1.06. The Kier molecular flexibility index (Phi) is 5.45. The summed E-state index contributed by atoms with van der Waals surface area (Å²) in [6.45, 7) is 0. The fraction of sp³-hybridized carbons (Fsp3) is 0.333. The molecule has 0 amide bonds. The van der Waals surface area contributed by atoms with Gasteiger partial charge in [0.1, 0.15) is 0 Å². The molecular weight excluding hydrogens is 263 g/mol. The molecule has 0 aliphatic heterocycles. The van der Waals surface area contributed by atoms with Crippen molar-refractivity contribution in [2.75, 3.05) is 13.0 Å². The van der Waals surface area contributed by atoms with Gasteiger partial charge in [-0.3, -0.25) is 4.79 Å². The summed E-state index contributed by atoms with van der Waals surface area (Å²) in [4.78, 5) is 22.7. The van der Waals surface area contributed by atoms with Crippen molar-refractivity contribution < 1.29 is 14.3 Å². The lowest BCUT2D eigenvalue weighted by Gasteiger charge is -2.06. The van der Waals surface area contributed by atoms with Crippen molar-refractivity contribution in [2.24, 2.45) is 0 Å². The highest BCUT2D eigenvalue weighted by molar-refractivity contribution is 6.27. The summed E-state index contributed by atoms with van der Waals surface area (Å²) in [7, 11) is 1.30. The molecule has 0 saturated carbocycles. The third-order valence-corrected chi connectivity index (χ3v) is 2.79. The van der Waals surface area contributed by atoms with Gasteiger partial charge in [0.2, 0.25) is 0 Å². The van der Waals surface area contributed by atoms with Crippen LogP contribution in [-0.4, -0.2) is 24.7 Å². The van der Waals surface area contributed by atoms with Gasteiger partial charge in [-0.25, -0.2) is 4.79 Å². The number of Topliss-reactive ketones (excluding diaryl/α,β-unsaturated/α-hetero) is 1. The summed E-state index contributed by atoms with van der Waals surface area (Å²) in [6, 6.07) is 5.05. The highest BCUT2D eigenvalue weighted by Gasteiger charge is 2.10. The van der Waals surface area contributed by atoms with Gasteiger partial charge < -0.3 is 4.74 Å². The molecule has 0 bridgehead atoms. The monoisotopic (exact) mass is 274 g/mol. The predicted molar refractivity (Wildman–Crippen MR) is 66.8 cm³/mol. The van der Waals surface area contributed by atoms with Gasteiger partial charge in [-0.2, -0.15) is 0 Å². The number of hydrogen-bond acceptors (Lipinski definition) is 3. The molecule has 0 heterocycles. The number of ketones is 1. The van der Waals surface area contributed by atoms with E-state index in [9.17, 15) is 9.59 Å². The number of carbonyl (C=O) groups is 2. The van der Waals surface area contributed by atoms with Crippen molar-refractivity contribution in [1.29, 1.82) is 0 Å². The maximum atomic E-state index is 11.4. The van der Waals surface area contributed by atoms with Crippen LogP contribution in [0.25, 0.3) is 0 Å². The van der Waals surface area contributed by atoms with E-state index in [2.05, 4.69) is 4.74 Å². The average Bonchev–Trinajstić information content (AvgIpc) is 2.36. The van der Waals surface area contributed by atoms with Crippen molar-refractivity contribution in [3.63, 3.8) is 0 Å². The van der Waals surface area contributed by atoms with Crippen LogP contribution < -0.4 is 0 Å². The van der Waals surface area contributed by atoms with Crippen LogP contribution in [0.5, 0.6) is 0 Å². The molecule has 0 aliphatic rings. The second-order valence-corrected chi connectivity index (χ2v) is 4.05. The minimum absolute atomic E-state index is 0.0430. The van der Waals surface area contributed by atoms with E-state index < -0.39 is 5.97 Å². The zero-order valence-electron chi connectivity index (χ0n) is 9.33. The first-order chi connectivity index (χ1) is 8.10. The van der Waals surface area contributed by atoms with Gasteiger partial charge in [0.05, 0.1) is 18.6 Å². The van der Waals surface area contributed by atoms with E-state index in [0.717, 1.165) is 5.56 Å². The molecular formula is C12H12Cl2O3. The number of halogens is 2. The summed E-state index contributed by atoms with van der Waals surface area (Å²) >= 11 is 11.2. The van der Waals surface area contributed by atoms with Crippen LogP contribution in [0.3, 0.4) is 0 Å². The molecule has 0 spiro atoms. The fourth-order valence-electron chi connectivity index (χ4n) is 1.45. The smallest absolute Gasteiger partial charge is 0.337 e. The minimum Gasteiger partial charge on any atom is -0.465 e. The van der Waals surface area contributed by atoms with Gasteiger partial charge in [0.25, 0.3) is 0 Å². The molecule has 0 aliphatic carbocycles. The molecule has 0 saturated heterocycles. The molecule has 3 nitrogen and oxygen atoms in total. The van der Waals surface area contributed by atoms with Gasteiger partial charge in [-0.05, 0) is 23.3 Å². The lowest BCUT2D eigenvalue weighted by atomic mass is 10.0. The zero-order chi connectivity index (χ0) is 12.8. The Morgan fingerprint density at radius 1 is 1.18 bits per heavy atom. The summed E-state index contributed by atoms with van der Waals surface area (Å²) in [5.74, 6) is -0.322. The molecule has 1 rings (SSSR count). The third kappa shape index (κ3) is 4.02. The third-order valence-electron chi connectivity index (χ3n) is 2.18. The molecule has 92 valence electrons. The van der Waals surface area contributed by atoms with Crippen LogP contribution in [0.4, 0.5) is 0 Å². The normalized spacial score (nSPS) is 10.1. The van der Waals surface area contributed by atoms with Gasteiger partial charge >= 0.3 is 5.97 Å². The first-order valence-electron chi connectivity index (χ1n) is 4.95. The topological polar surface area (TPSA) is 43.4 Å². The number of carbonyl (C=O) groups excluding carboxylic acids is 2. The van der Waals surface area contributed by atoms with Gasteiger partial charge in [-0.1, -0.05) is 6.07 Å². The van der Waals surface area contributed by atoms with Crippen molar-refractivity contribution in [1.82, 2.24) is 0 Å². The predicted octanol–water partition coefficient (Wildman–Crippen LogP) is 2.56. The summed E-state index contributed by atoms with van der Waals surface area (Å²) < 4.78 is 4.63. The highest BCUT2D eigenvalue weighted by atomic mass is 35.5. The largest absolute Gasteiger partial charge is 0.465 e. The Labute approximate surface area is 110 Å². The summed E-state index contributed by atoms with van der Waals surface area (Å²) in [5, 5.41) is 0. The highest BCUT2D eigenvalue weighted by Crippen LogP contribution is 2.14. The van der Waals surface area contributed by atoms with E-state index in [0.29, 0.717) is 11.1 Å². The molecule has 0 aromatic heterocycles. The second kappa shape index (κ2) is 6.62. The van der Waals surface area contributed by atoms with E-state index in [-0.39, 0.29) is 24.0 Å². The lowest BCUT2D eigenvalue weighted by molar-refractivity contribution is -0.116. The van der Waals surface area contributed by atoms with Gasteiger partial charge in [0, 0.05) is 12.3 Å². The van der Waals surface area contributed by atoms with Crippen LogP contribution in [0, 0.1) is 0 Å². The van der Waals surface area contributed by atoms with Crippen molar-refractivity contribution in [3.8, 4) is 0 Å². The van der Waals surface area contributed by atoms with E-state index in [1.54, 1.807) is 18.2 Å². The SMILES string of the molecule is COC(=O)c1cc(CCl)cc(CC(=O)CCl)c1. The van der Waals surface area contributed by atoms with Crippen molar-refractivity contribution >= 4 is 35.0 Å². The fourth-order valence-corrected chi connectivity index (χ4v) is 1.70. The molecule has 0 atom stereocenters. The molecule has 5 heteroatoms. The van der Waals surface area contributed by atoms with E-state index >= 15 is 0 Å². The molecule has 0 radical (unpaired) electrons. The number of hydrogen-bond donors (Lipinski definition) is 0. The maximum absolute atomic E-state index is 11.4. The number of esters is 1. The lowest BCUT2D eigenvalue weighted by Crippen LogP contribution is -2.07. The first-order valence-corrected chi connectivity index (χ1v) is 6.02. The quantitative estimate of drug-likeness (QED) is 0.612. The average molecular weight is 275 g/mol. The zero-order valence-corrected chi connectivity index (χ0v) is 10.8. The number of methoxy groups -OCH3 is 1. The van der Waals surface area contributed by atoms with Gasteiger partial charge in [-0.15, -0.1) is 23.2 Å². The van der Waals surface area contributed by atoms with E-state index in [1.165, 1.54) is 7.11 Å². The summed E-state index contributed by atoms with van der Waals surface area (Å²) in [6.07, 6.45) is 0.193. The Morgan fingerprint density at radius 3 is 2.35 bits per heavy atom. The molecule has 0 fully saturated rings. The van der Waals surface area contributed by atoms with Crippen LogP contribution in [0.2, 0.25) is 0 Å². The summed E-state index contributed by atoms with van der Waals surface area (Å²) in [5.41, 5.74) is 1.88. The van der Waals surface area contributed by atoms with Crippen molar-refractivity contribution in [2.45, 2.75) is 12.3 Å². The van der Waals surface area contributed by atoms with Crippen LogP contribution >= 0.6 is 23.2 Å². The number of alkyl halides is 2. The first kappa shape index (κ1) is 14.0. The molecule has 1 aromatic rings. The Morgan fingerprint density at radius 2 is 1.82 bits per heavy atom. The number of rotatable bonds is 5. The Balaban J connectivity index is 3.05. The molecule has 0 N–H and O–H groups in total. The van der Waals surface area contributed by atoms with Crippen LogP contribution in [0.15, 0.2) is 18.2 Å². The van der Waals surface area contributed by atoms with Crippen LogP contribution in [-0.2, 0) is 21.8 Å². The molecule has 0 unspecified atom stereocenters. The standard InChI is InChI=1S/C12H12Cl2O3/c1-17-12(16)10-3-8(5-11(15)7-14)2-9(4-10)6-13/h2-4H,5-7H2,1H3. The molecule has 17 heavy (non-hydrogen) atoms. The number of benzene rings is 1. The minimum atomic E-state index is -0.448. The Bertz CT molecular complexity index is 430.